The zero-order chi connectivity index (χ0) is 15.0. The van der Waals surface area contributed by atoms with Crippen LogP contribution in [0.2, 0.25) is 0 Å². The lowest BCUT2D eigenvalue weighted by Crippen LogP contribution is -2.42. The third-order valence-corrected chi connectivity index (χ3v) is 3.84. The molecule has 0 heterocycles. The van der Waals surface area contributed by atoms with E-state index in [1.807, 2.05) is 44.2 Å². The highest BCUT2D eigenvalue weighted by Gasteiger charge is 2.19. The molecule has 1 aromatic rings. The molecule has 0 aliphatic rings. The second-order valence-electron chi connectivity index (χ2n) is 4.84. The molecule has 5 heteroatoms. The van der Waals surface area contributed by atoms with Crippen LogP contribution < -0.4 is 5.32 Å². The standard InChI is InChI=1S/C15H21NO3S/c1-11(2)20-10-14(17)16-13(15(18)19)9-8-12-6-4-3-5-7-12/h3-7,11,13H,8-10H2,1-2H3,(H,16,17)(H,18,19). The van der Waals surface area contributed by atoms with E-state index in [1.54, 1.807) is 0 Å². The van der Waals surface area contributed by atoms with Gasteiger partial charge in [0.15, 0.2) is 0 Å². The summed E-state index contributed by atoms with van der Waals surface area (Å²) in [5, 5.41) is 12.1. The van der Waals surface area contributed by atoms with Crippen molar-refractivity contribution < 1.29 is 14.7 Å². The summed E-state index contributed by atoms with van der Waals surface area (Å²) in [7, 11) is 0. The van der Waals surface area contributed by atoms with E-state index in [-0.39, 0.29) is 5.91 Å². The Balaban J connectivity index is 2.44. The van der Waals surface area contributed by atoms with E-state index in [9.17, 15) is 9.59 Å². The minimum absolute atomic E-state index is 0.218. The number of carbonyl (C=O) groups is 2. The summed E-state index contributed by atoms with van der Waals surface area (Å²) in [5.74, 6) is -0.903. The lowest BCUT2D eigenvalue weighted by molar-refractivity contribution is -0.141. The number of carboxylic acid groups (broad SMARTS) is 1. The van der Waals surface area contributed by atoms with Crippen LogP contribution in [-0.2, 0) is 16.0 Å². The molecule has 1 aromatic carbocycles. The Hall–Kier alpha value is -1.49. The molecule has 0 saturated carbocycles. The van der Waals surface area contributed by atoms with E-state index in [1.165, 1.54) is 11.8 Å². The van der Waals surface area contributed by atoms with Crippen LogP contribution in [0.3, 0.4) is 0 Å². The topological polar surface area (TPSA) is 66.4 Å². The van der Waals surface area contributed by atoms with Gasteiger partial charge in [-0.2, -0.15) is 0 Å². The number of aliphatic carboxylic acids is 1. The van der Waals surface area contributed by atoms with E-state index >= 15 is 0 Å². The van der Waals surface area contributed by atoms with Crippen LogP contribution in [0, 0.1) is 0 Å². The average molecular weight is 295 g/mol. The highest BCUT2D eigenvalue weighted by Crippen LogP contribution is 2.09. The maximum absolute atomic E-state index is 11.7. The van der Waals surface area contributed by atoms with Crippen molar-refractivity contribution in [2.75, 3.05) is 5.75 Å². The quantitative estimate of drug-likeness (QED) is 0.772. The van der Waals surface area contributed by atoms with Gasteiger partial charge in [-0.1, -0.05) is 44.2 Å². The predicted molar refractivity (Wildman–Crippen MR) is 81.9 cm³/mol. The minimum Gasteiger partial charge on any atom is -0.480 e. The molecule has 0 aromatic heterocycles. The summed E-state index contributed by atoms with van der Waals surface area (Å²) in [4.78, 5) is 22.9. The molecule has 1 atom stereocenters. The smallest absolute Gasteiger partial charge is 0.326 e. The van der Waals surface area contributed by atoms with Crippen molar-refractivity contribution in [2.45, 2.75) is 38.0 Å². The molecule has 1 amide bonds. The molecular weight excluding hydrogens is 274 g/mol. The number of nitrogens with one attached hydrogen (secondary N) is 1. The summed E-state index contributed by atoms with van der Waals surface area (Å²) in [6.45, 7) is 4.00. The molecule has 0 saturated heterocycles. The van der Waals surface area contributed by atoms with Gasteiger partial charge in [-0.05, 0) is 23.7 Å². The maximum Gasteiger partial charge on any atom is 0.326 e. The molecule has 1 unspecified atom stereocenters. The van der Waals surface area contributed by atoms with Crippen molar-refractivity contribution in [1.82, 2.24) is 5.32 Å². The van der Waals surface area contributed by atoms with Crippen LogP contribution in [0.1, 0.15) is 25.8 Å². The number of aryl methyl sites for hydroxylation is 1. The van der Waals surface area contributed by atoms with Crippen LogP contribution in [0.25, 0.3) is 0 Å². The fraction of sp³-hybridized carbons (Fsp3) is 0.467. The van der Waals surface area contributed by atoms with E-state index in [0.717, 1.165) is 5.56 Å². The van der Waals surface area contributed by atoms with Crippen LogP contribution in [-0.4, -0.2) is 34.0 Å². The van der Waals surface area contributed by atoms with Gasteiger partial charge >= 0.3 is 5.97 Å². The maximum atomic E-state index is 11.7. The number of amides is 1. The zero-order valence-electron chi connectivity index (χ0n) is 11.8. The Morgan fingerprint density at radius 3 is 2.45 bits per heavy atom. The van der Waals surface area contributed by atoms with Crippen molar-refractivity contribution in [3.8, 4) is 0 Å². The van der Waals surface area contributed by atoms with Gasteiger partial charge in [0.1, 0.15) is 6.04 Å². The molecule has 0 aliphatic carbocycles. The number of hydrogen-bond acceptors (Lipinski definition) is 3. The normalized spacial score (nSPS) is 12.2. The SMILES string of the molecule is CC(C)SCC(=O)NC(CCc1ccccc1)C(=O)O. The number of rotatable bonds is 8. The minimum atomic E-state index is -0.983. The Morgan fingerprint density at radius 2 is 1.90 bits per heavy atom. The first-order valence-electron chi connectivity index (χ1n) is 6.66. The van der Waals surface area contributed by atoms with Crippen molar-refractivity contribution in [1.29, 1.82) is 0 Å². The third kappa shape index (κ3) is 6.61. The highest BCUT2D eigenvalue weighted by atomic mass is 32.2. The van der Waals surface area contributed by atoms with Gasteiger partial charge in [-0.25, -0.2) is 4.79 Å². The first kappa shape index (κ1) is 16.6. The summed E-state index contributed by atoms with van der Waals surface area (Å²) < 4.78 is 0. The van der Waals surface area contributed by atoms with Gasteiger partial charge in [0.2, 0.25) is 5.91 Å². The van der Waals surface area contributed by atoms with E-state index < -0.39 is 12.0 Å². The molecule has 0 fully saturated rings. The average Bonchev–Trinajstić information content (AvgIpc) is 2.42. The fourth-order valence-corrected chi connectivity index (χ4v) is 2.26. The van der Waals surface area contributed by atoms with Crippen LogP contribution in [0.4, 0.5) is 0 Å². The lowest BCUT2D eigenvalue weighted by atomic mass is 10.1. The molecule has 20 heavy (non-hydrogen) atoms. The number of thioether (sulfide) groups is 1. The molecular formula is C15H21NO3S. The first-order valence-corrected chi connectivity index (χ1v) is 7.71. The number of carboxylic acids is 1. The molecule has 0 radical (unpaired) electrons. The van der Waals surface area contributed by atoms with E-state index in [0.29, 0.717) is 23.8 Å². The van der Waals surface area contributed by atoms with Crippen LogP contribution in [0.5, 0.6) is 0 Å². The summed E-state index contributed by atoms with van der Waals surface area (Å²) >= 11 is 1.50. The largest absolute Gasteiger partial charge is 0.480 e. The predicted octanol–water partition coefficient (Wildman–Crippen LogP) is 2.33. The molecule has 110 valence electrons. The molecule has 0 bridgehead atoms. The van der Waals surface area contributed by atoms with E-state index in [2.05, 4.69) is 5.32 Å². The Bertz CT molecular complexity index is 434. The Labute approximate surface area is 124 Å². The molecule has 1 rings (SSSR count). The Kier molecular flexibility index (Phi) is 7.15. The zero-order valence-corrected chi connectivity index (χ0v) is 12.7. The first-order chi connectivity index (χ1) is 9.49. The third-order valence-electron chi connectivity index (χ3n) is 2.75. The van der Waals surface area contributed by atoms with Crippen LogP contribution >= 0.6 is 11.8 Å². The molecule has 2 N–H and O–H groups in total. The van der Waals surface area contributed by atoms with Crippen molar-refractivity contribution >= 4 is 23.6 Å². The Morgan fingerprint density at radius 1 is 1.25 bits per heavy atom. The van der Waals surface area contributed by atoms with Gasteiger partial charge in [0, 0.05) is 0 Å². The molecule has 0 aliphatic heterocycles. The number of hydrogen-bond donors (Lipinski definition) is 2. The summed E-state index contributed by atoms with van der Waals surface area (Å²) in [5.41, 5.74) is 1.07. The van der Waals surface area contributed by atoms with Crippen LogP contribution in [0.15, 0.2) is 30.3 Å². The van der Waals surface area contributed by atoms with Gasteiger partial charge in [0.05, 0.1) is 5.75 Å². The van der Waals surface area contributed by atoms with Gasteiger partial charge in [-0.15, -0.1) is 11.8 Å². The van der Waals surface area contributed by atoms with Gasteiger partial charge in [-0.3, -0.25) is 4.79 Å². The highest BCUT2D eigenvalue weighted by molar-refractivity contribution is 8.00. The number of carbonyl (C=O) groups excluding carboxylic acids is 1. The molecule has 4 nitrogen and oxygen atoms in total. The van der Waals surface area contributed by atoms with Crippen molar-refractivity contribution in [3.63, 3.8) is 0 Å². The van der Waals surface area contributed by atoms with Crippen molar-refractivity contribution in [2.24, 2.45) is 0 Å². The lowest BCUT2D eigenvalue weighted by Gasteiger charge is -2.15. The second-order valence-corrected chi connectivity index (χ2v) is 6.41. The van der Waals surface area contributed by atoms with Crippen molar-refractivity contribution in [3.05, 3.63) is 35.9 Å². The number of benzene rings is 1. The monoisotopic (exact) mass is 295 g/mol. The summed E-state index contributed by atoms with van der Waals surface area (Å²) in [6.07, 6.45) is 1.03. The van der Waals surface area contributed by atoms with Gasteiger partial charge < -0.3 is 10.4 Å². The van der Waals surface area contributed by atoms with Gasteiger partial charge in [0.25, 0.3) is 0 Å². The molecule has 0 spiro atoms. The second kappa shape index (κ2) is 8.64. The summed E-state index contributed by atoms with van der Waals surface area (Å²) in [6, 6.07) is 8.84. The fourth-order valence-electron chi connectivity index (χ4n) is 1.69. The van der Waals surface area contributed by atoms with E-state index in [4.69, 9.17) is 5.11 Å².